The van der Waals surface area contributed by atoms with E-state index in [0.717, 1.165) is 12.5 Å². The van der Waals surface area contributed by atoms with Crippen LogP contribution in [0.1, 0.15) is 48.4 Å². The van der Waals surface area contributed by atoms with Crippen LogP contribution in [0.3, 0.4) is 0 Å². The van der Waals surface area contributed by atoms with Crippen molar-refractivity contribution in [1.29, 1.82) is 0 Å². The van der Waals surface area contributed by atoms with Crippen molar-refractivity contribution in [3.05, 3.63) is 35.0 Å². The van der Waals surface area contributed by atoms with Gasteiger partial charge in [-0.3, -0.25) is 0 Å². The topological polar surface area (TPSA) is 27.8 Å². The van der Waals surface area contributed by atoms with Crippen LogP contribution in [0.2, 0.25) is 0 Å². The second kappa shape index (κ2) is 3.86. The largest absolute Gasteiger partial charge is 0.357 e. The third-order valence-electron chi connectivity index (χ3n) is 4.75. The van der Waals surface area contributed by atoms with Crippen LogP contribution in [0.5, 0.6) is 0 Å². The summed E-state index contributed by atoms with van der Waals surface area (Å²) in [4.78, 5) is 3.61. The molecule has 0 amide bonds. The molecule has 2 heteroatoms. The Morgan fingerprint density at radius 3 is 3.00 bits per heavy atom. The van der Waals surface area contributed by atoms with Gasteiger partial charge in [0.1, 0.15) is 0 Å². The average molecular weight is 240 g/mol. The minimum atomic E-state index is 0.714. The molecule has 1 fully saturated rings. The van der Waals surface area contributed by atoms with Crippen LogP contribution < -0.4 is 5.32 Å². The number of H-pyrrole nitrogens is 1. The van der Waals surface area contributed by atoms with E-state index < -0.39 is 0 Å². The zero-order chi connectivity index (χ0) is 12.1. The van der Waals surface area contributed by atoms with Crippen LogP contribution >= 0.6 is 0 Å². The Balaban J connectivity index is 1.93. The van der Waals surface area contributed by atoms with E-state index in [4.69, 9.17) is 0 Å². The van der Waals surface area contributed by atoms with Gasteiger partial charge in [0.05, 0.1) is 0 Å². The van der Waals surface area contributed by atoms with Crippen molar-refractivity contribution in [2.75, 3.05) is 0 Å². The van der Waals surface area contributed by atoms with Gasteiger partial charge in [0.15, 0.2) is 0 Å². The number of fused-ring (bicyclic) bond motifs is 5. The molecule has 2 heterocycles. The summed E-state index contributed by atoms with van der Waals surface area (Å²) in [5.41, 5.74) is 5.74. The first kappa shape index (κ1) is 10.6. The van der Waals surface area contributed by atoms with Crippen LogP contribution in [0.25, 0.3) is 10.9 Å². The predicted octanol–water partition coefficient (Wildman–Crippen LogP) is 3.61. The Morgan fingerprint density at radius 2 is 2.06 bits per heavy atom. The Morgan fingerprint density at radius 1 is 1.17 bits per heavy atom. The van der Waals surface area contributed by atoms with Gasteiger partial charge >= 0.3 is 0 Å². The monoisotopic (exact) mass is 240 g/mol. The van der Waals surface area contributed by atoms with Crippen molar-refractivity contribution in [3.63, 3.8) is 0 Å². The van der Waals surface area contributed by atoms with Crippen molar-refractivity contribution in [2.24, 2.45) is 0 Å². The maximum Gasteiger partial charge on any atom is 0.0459 e. The highest BCUT2D eigenvalue weighted by atomic mass is 15.0. The van der Waals surface area contributed by atoms with Crippen LogP contribution in [0.4, 0.5) is 0 Å². The van der Waals surface area contributed by atoms with E-state index in [0.29, 0.717) is 6.04 Å². The van der Waals surface area contributed by atoms with Crippen molar-refractivity contribution in [2.45, 2.75) is 51.1 Å². The van der Waals surface area contributed by atoms with Gasteiger partial charge in [-0.15, -0.1) is 0 Å². The molecule has 1 aromatic carbocycles. The number of hydrogen-bond acceptors (Lipinski definition) is 1. The van der Waals surface area contributed by atoms with Crippen LogP contribution in [-0.2, 0) is 6.54 Å². The zero-order valence-corrected chi connectivity index (χ0v) is 10.9. The SMILES string of the molecule is Cc1ccc2[nH]c3c(c2c1)[C@H]1CCCC[C@H]1NC3. The fourth-order valence-electron chi connectivity index (χ4n) is 3.90. The molecule has 1 aliphatic carbocycles. The van der Waals surface area contributed by atoms with E-state index in [1.807, 2.05) is 0 Å². The van der Waals surface area contributed by atoms with Gasteiger partial charge in [0, 0.05) is 35.1 Å². The summed E-state index contributed by atoms with van der Waals surface area (Å²) < 4.78 is 0. The predicted molar refractivity (Wildman–Crippen MR) is 74.9 cm³/mol. The first-order chi connectivity index (χ1) is 8.83. The van der Waals surface area contributed by atoms with E-state index in [2.05, 4.69) is 35.4 Å². The lowest BCUT2D eigenvalue weighted by Gasteiger charge is -2.36. The molecule has 1 aromatic heterocycles. The maximum atomic E-state index is 3.72. The smallest absolute Gasteiger partial charge is 0.0459 e. The van der Waals surface area contributed by atoms with E-state index >= 15 is 0 Å². The minimum absolute atomic E-state index is 0.714. The highest BCUT2D eigenvalue weighted by Gasteiger charge is 2.33. The molecular formula is C16H20N2. The van der Waals surface area contributed by atoms with E-state index in [9.17, 15) is 0 Å². The van der Waals surface area contributed by atoms with Crippen LogP contribution in [0.15, 0.2) is 18.2 Å². The minimum Gasteiger partial charge on any atom is -0.357 e. The summed E-state index contributed by atoms with van der Waals surface area (Å²) in [7, 11) is 0. The van der Waals surface area contributed by atoms with Gasteiger partial charge in [0.25, 0.3) is 0 Å². The van der Waals surface area contributed by atoms with Crippen molar-refractivity contribution >= 4 is 10.9 Å². The van der Waals surface area contributed by atoms with E-state index in [1.54, 1.807) is 5.56 Å². The number of rotatable bonds is 0. The zero-order valence-electron chi connectivity index (χ0n) is 10.9. The van der Waals surface area contributed by atoms with Crippen LogP contribution in [0, 0.1) is 6.92 Å². The molecule has 0 saturated heterocycles. The Hall–Kier alpha value is -1.28. The Labute approximate surface area is 108 Å². The van der Waals surface area contributed by atoms with Crippen molar-refractivity contribution < 1.29 is 0 Å². The second-order valence-corrected chi connectivity index (χ2v) is 5.94. The molecule has 4 rings (SSSR count). The fourth-order valence-corrected chi connectivity index (χ4v) is 3.90. The number of aryl methyl sites for hydroxylation is 1. The summed E-state index contributed by atoms with van der Waals surface area (Å²) in [6.07, 6.45) is 5.49. The lowest BCUT2D eigenvalue weighted by Crippen LogP contribution is -2.40. The average Bonchev–Trinajstić information content (AvgIpc) is 2.77. The molecule has 18 heavy (non-hydrogen) atoms. The van der Waals surface area contributed by atoms with E-state index in [1.165, 1.54) is 47.8 Å². The normalized spacial score (nSPS) is 26.9. The standard InChI is InChI=1S/C16H20N2/c1-10-6-7-14-12(8-10)16-11-4-2-3-5-13(11)17-9-15(16)18-14/h6-8,11,13,17-18H,2-5,9H2,1H3/t11-,13+/m0/s1. The first-order valence-corrected chi connectivity index (χ1v) is 7.17. The van der Waals surface area contributed by atoms with E-state index in [-0.39, 0.29) is 0 Å². The summed E-state index contributed by atoms with van der Waals surface area (Å²) in [5, 5.41) is 5.20. The molecule has 0 spiro atoms. The van der Waals surface area contributed by atoms with Gasteiger partial charge in [-0.05, 0) is 37.5 Å². The number of aromatic amines is 1. The van der Waals surface area contributed by atoms with Crippen LogP contribution in [-0.4, -0.2) is 11.0 Å². The third-order valence-corrected chi connectivity index (χ3v) is 4.75. The van der Waals surface area contributed by atoms with Gasteiger partial charge in [-0.1, -0.05) is 24.5 Å². The summed E-state index contributed by atoms with van der Waals surface area (Å²) >= 11 is 0. The molecule has 2 N–H and O–H groups in total. The first-order valence-electron chi connectivity index (χ1n) is 7.17. The molecule has 1 saturated carbocycles. The maximum absolute atomic E-state index is 3.72. The highest BCUT2D eigenvalue weighted by Crippen LogP contribution is 2.41. The number of nitrogens with one attached hydrogen (secondary N) is 2. The molecule has 0 bridgehead atoms. The molecular weight excluding hydrogens is 220 g/mol. The molecule has 0 unspecified atom stereocenters. The molecule has 2 aliphatic rings. The Bertz CT molecular complexity index is 596. The number of hydrogen-bond donors (Lipinski definition) is 2. The number of benzene rings is 1. The second-order valence-electron chi connectivity index (χ2n) is 5.94. The van der Waals surface area contributed by atoms with Gasteiger partial charge < -0.3 is 10.3 Å². The van der Waals surface area contributed by atoms with Crippen molar-refractivity contribution in [3.8, 4) is 0 Å². The summed E-state index contributed by atoms with van der Waals surface area (Å²) in [6, 6.07) is 7.52. The third kappa shape index (κ3) is 1.45. The van der Waals surface area contributed by atoms with Gasteiger partial charge in [0.2, 0.25) is 0 Å². The lowest BCUT2D eigenvalue weighted by atomic mass is 9.77. The molecule has 2 atom stereocenters. The molecule has 2 aromatic rings. The summed E-state index contributed by atoms with van der Waals surface area (Å²) in [6.45, 7) is 3.21. The van der Waals surface area contributed by atoms with Gasteiger partial charge in [-0.2, -0.15) is 0 Å². The summed E-state index contributed by atoms with van der Waals surface area (Å²) in [5.74, 6) is 0.734. The quantitative estimate of drug-likeness (QED) is 0.723. The molecule has 0 radical (unpaired) electrons. The Kier molecular flexibility index (Phi) is 2.28. The molecule has 1 aliphatic heterocycles. The molecule has 94 valence electrons. The number of aromatic nitrogens is 1. The highest BCUT2D eigenvalue weighted by molar-refractivity contribution is 5.86. The van der Waals surface area contributed by atoms with Crippen molar-refractivity contribution in [1.82, 2.24) is 10.3 Å². The lowest BCUT2D eigenvalue weighted by molar-refractivity contribution is 0.308. The fraction of sp³-hybridized carbons (Fsp3) is 0.500. The molecule has 2 nitrogen and oxygen atoms in total. The van der Waals surface area contributed by atoms with Gasteiger partial charge in [-0.25, -0.2) is 0 Å².